The zero-order chi connectivity index (χ0) is 21.3. The summed E-state index contributed by atoms with van der Waals surface area (Å²) in [7, 11) is -0.478. The average molecular weight is 414 g/mol. The molecule has 0 unspecified atom stereocenters. The molecule has 0 aliphatic carbocycles. The normalized spacial score (nSPS) is 11.8. The van der Waals surface area contributed by atoms with E-state index in [2.05, 4.69) is 5.10 Å². The van der Waals surface area contributed by atoms with E-state index in [0.29, 0.717) is 16.2 Å². The van der Waals surface area contributed by atoms with Gasteiger partial charge in [-0.3, -0.25) is 0 Å². The number of nitrogens with zero attached hydrogens (tertiary/aromatic N) is 3. The van der Waals surface area contributed by atoms with Gasteiger partial charge in [-0.2, -0.15) is 9.40 Å². The van der Waals surface area contributed by atoms with Crippen LogP contribution in [0.1, 0.15) is 28.1 Å². The Morgan fingerprint density at radius 2 is 1.69 bits per heavy atom. The maximum atomic E-state index is 13.3. The summed E-state index contributed by atoms with van der Waals surface area (Å²) in [6.45, 7) is 7.75. The average Bonchev–Trinajstić information content (AvgIpc) is 2.98. The van der Waals surface area contributed by atoms with Crippen molar-refractivity contribution in [2.45, 2.75) is 39.1 Å². The molecule has 0 aliphatic rings. The molecule has 0 radical (unpaired) electrons. The molecular weight excluding hydrogens is 386 g/mol. The molecule has 29 heavy (non-hydrogen) atoms. The Morgan fingerprint density at radius 3 is 2.31 bits per heavy atom. The maximum absolute atomic E-state index is 13.3. The van der Waals surface area contributed by atoms with Crippen molar-refractivity contribution in [2.24, 2.45) is 0 Å². The molecule has 2 aromatic carbocycles. The van der Waals surface area contributed by atoms with E-state index in [9.17, 15) is 8.42 Å². The number of aryl methyl sites for hydroxylation is 3. The third kappa shape index (κ3) is 3.93. The zero-order valence-electron chi connectivity index (χ0n) is 17.7. The first-order chi connectivity index (χ1) is 13.7. The van der Waals surface area contributed by atoms with Crippen molar-refractivity contribution in [2.75, 3.05) is 14.2 Å². The molecule has 3 aromatic rings. The predicted molar refractivity (Wildman–Crippen MR) is 114 cm³/mol. The minimum absolute atomic E-state index is 0.247. The van der Waals surface area contributed by atoms with Crippen LogP contribution in [-0.2, 0) is 16.6 Å². The van der Waals surface area contributed by atoms with Crippen LogP contribution >= 0.6 is 0 Å². The number of ether oxygens (including phenoxy) is 1. The minimum Gasteiger partial charge on any atom is -0.496 e. The fourth-order valence-corrected chi connectivity index (χ4v) is 4.89. The summed E-state index contributed by atoms with van der Waals surface area (Å²) in [6, 6.07) is 13.3. The van der Waals surface area contributed by atoms with E-state index in [1.54, 1.807) is 33.2 Å². The van der Waals surface area contributed by atoms with Crippen molar-refractivity contribution in [3.05, 3.63) is 70.5 Å². The fraction of sp³-hybridized carbons (Fsp3) is 0.318. The second-order valence-corrected chi connectivity index (χ2v) is 9.26. The van der Waals surface area contributed by atoms with E-state index in [4.69, 9.17) is 4.74 Å². The molecule has 0 fully saturated rings. The standard InChI is InChI=1S/C22H27N3O3S/c1-15-13-22(16(2)12-21(15)28-6)29(26,27)24(5)14-20-17(3)23-25(18(20)4)19-10-8-7-9-11-19/h7-13H,14H2,1-6H3. The van der Waals surface area contributed by atoms with Gasteiger partial charge < -0.3 is 4.74 Å². The Hall–Kier alpha value is -2.64. The number of sulfonamides is 1. The van der Waals surface area contributed by atoms with E-state index < -0.39 is 10.0 Å². The van der Waals surface area contributed by atoms with Crippen LogP contribution in [0, 0.1) is 27.7 Å². The highest BCUT2D eigenvalue weighted by Gasteiger charge is 2.26. The van der Waals surface area contributed by atoms with Crippen molar-refractivity contribution in [1.82, 2.24) is 14.1 Å². The summed E-state index contributed by atoms with van der Waals surface area (Å²) in [5.74, 6) is 0.680. The summed E-state index contributed by atoms with van der Waals surface area (Å²) < 4.78 is 35.1. The lowest BCUT2D eigenvalue weighted by Crippen LogP contribution is -2.27. The third-order valence-electron chi connectivity index (χ3n) is 5.20. The van der Waals surface area contributed by atoms with Crippen LogP contribution < -0.4 is 4.74 Å². The van der Waals surface area contributed by atoms with E-state index in [1.807, 2.05) is 55.8 Å². The summed E-state index contributed by atoms with van der Waals surface area (Å²) in [5.41, 5.74) is 5.05. The first-order valence-corrected chi connectivity index (χ1v) is 10.8. The molecule has 1 heterocycles. The SMILES string of the molecule is COc1cc(C)c(S(=O)(=O)N(C)Cc2c(C)nn(-c3ccccc3)c2C)cc1C. The van der Waals surface area contributed by atoms with Crippen molar-refractivity contribution in [3.63, 3.8) is 0 Å². The highest BCUT2D eigenvalue weighted by molar-refractivity contribution is 7.89. The van der Waals surface area contributed by atoms with E-state index >= 15 is 0 Å². The Balaban J connectivity index is 1.96. The predicted octanol–water partition coefficient (Wildman–Crippen LogP) is 3.94. The zero-order valence-corrected chi connectivity index (χ0v) is 18.5. The van der Waals surface area contributed by atoms with Crippen LogP contribution in [0.3, 0.4) is 0 Å². The van der Waals surface area contributed by atoms with Crippen LogP contribution in [0.25, 0.3) is 5.69 Å². The number of hydrogen-bond acceptors (Lipinski definition) is 4. The van der Waals surface area contributed by atoms with Crippen molar-refractivity contribution >= 4 is 10.0 Å². The van der Waals surface area contributed by atoms with Crippen molar-refractivity contribution in [1.29, 1.82) is 0 Å². The van der Waals surface area contributed by atoms with Crippen LogP contribution in [0.2, 0.25) is 0 Å². The molecule has 0 saturated carbocycles. The van der Waals surface area contributed by atoms with E-state index in [-0.39, 0.29) is 6.54 Å². The molecule has 7 heteroatoms. The summed E-state index contributed by atoms with van der Waals surface area (Å²) in [5, 5.41) is 4.62. The Labute approximate surface area is 172 Å². The Bertz CT molecular complexity index is 1140. The number of rotatable bonds is 6. The molecule has 0 aliphatic heterocycles. The van der Waals surface area contributed by atoms with Gasteiger partial charge in [0.15, 0.2) is 0 Å². The molecule has 0 atom stereocenters. The smallest absolute Gasteiger partial charge is 0.243 e. The highest BCUT2D eigenvalue weighted by atomic mass is 32.2. The quantitative estimate of drug-likeness (QED) is 0.614. The van der Waals surface area contributed by atoms with Crippen LogP contribution in [-0.4, -0.2) is 36.7 Å². The molecule has 3 rings (SSSR count). The topological polar surface area (TPSA) is 64.4 Å². The largest absolute Gasteiger partial charge is 0.496 e. The summed E-state index contributed by atoms with van der Waals surface area (Å²) in [6.07, 6.45) is 0. The van der Waals surface area contributed by atoms with E-state index in [0.717, 1.165) is 28.2 Å². The molecule has 0 bridgehead atoms. The van der Waals surface area contributed by atoms with Gasteiger partial charge in [-0.05, 0) is 63.1 Å². The molecule has 0 N–H and O–H groups in total. The Kier molecular flexibility index (Phi) is 5.82. The second kappa shape index (κ2) is 8.00. The lowest BCUT2D eigenvalue weighted by Gasteiger charge is -2.20. The van der Waals surface area contributed by atoms with Gasteiger partial charge >= 0.3 is 0 Å². The lowest BCUT2D eigenvalue weighted by atomic mass is 10.1. The number of methoxy groups -OCH3 is 1. The molecule has 0 saturated heterocycles. The molecular formula is C22H27N3O3S. The number of para-hydroxylation sites is 1. The van der Waals surface area contributed by atoms with Gasteiger partial charge in [-0.1, -0.05) is 18.2 Å². The van der Waals surface area contributed by atoms with Gasteiger partial charge in [0, 0.05) is 24.8 Å². The van der Waals surface area contributed by atoms with Gasteiger partial charge in [0.25, 0.3) is 0 Å². The monoisotopic (exact) mass is 413 g/mol. The lowest BCUT2D eigenvalue weighted by molar-refractivity contribution is 0.410. The number of benzene rings is 2. The van der Waals surface area contributed by atoms with Gasteiger partial charge in [-0.15, -0.1) is 0 Å². The van der Waals surface area contributed by atoms with Gasteiger partial charge in [0.2, 0.25) is 10.0 Å². The maximum Gasteiger partial charge on any atom is 0.243 e. The van der Waals surface area contributed by atoms with Gasteiger partial charge in [0.1, 0.15) is 5.75 Å². The second-order valence-electron chi connectivity index (χ2n) is 7.25. The highest BCUT2D eigenvalue weighted by Crippen LogP contribution is 2.29. The molecule has 0 spiro atoms. The Morgan fingerprint density at radius 1 is 1.03 bits per heavy atom. The fourth-order valence-electron chi connectivity index (χ4n) is 3.46. The minimum atomic E-state index is -3.66. The third-order valence-corrected chi connectivity index (χ3v) is 7.15. The van der Waals surface area contributed by atoms with Crippen LogP contribution in [0.5, 0.6) is 5.75 Å². The molecule has 6 nitrogen and oxygen atoms in total. The molecule has 154 valence electrons. The van der Waals surface area contributed by atoms with Gasteiger partial charge in [0.05, 0.1) is 23.4 Å². The molecule has 0 amide bonds. The van der Waals surface area contributed by atoms with Crippen LogP contribution in [0.15, 0.2) is 47.4 Å². The first kappa shape index (κ1) is 21.1. The van der Waals surface area contributed by atoms with Gasteiger partial charge in [-0.25, -0.2) is 13.1 Å². The van der Waals surface area contributed by atoms with Crippen molar-refractivity contribution in [3.8, 4) is 11.4 Å². The first-order valence-electron chi connectivity index (χ1n) is 9.39. The summed E-state index contributed by atoms with van der Waals surface area (Å²) in [4.78, 5) is 0.295. The van der Waals surface area contributed by atoms with Crippen molar-refractivity contribution < 1.29 is 13.2 Å². The molecule has 1 aromatic heterocycles. The number of aromatic nitrogens is 2. The van der Waals surface area contributed by atoms with Crippen LogP contribution in [0.4, 0.5) is 0 Å². The van der Waals surface area contributed by atoms with E-state index in [1.165, 1.54) is 4.31 Å². The number of hydrogen-bond donors (Lipinski definition) is 0. The summed E-state index contributed by atoms with van der Waals surface area (Å²) >= 11 is 0.